The first-order valence-corrected chi connectivity index (χ1v) is 7.17. The highest BCUT2D eigenvalue weighted by molar-refractivity contribution is 6.04. The molecule has 0 spiro atoms. The second-order valence-corrected chi connectivity index (χ2v) is 5.40. The number of rotatable bonds is 5. The van der Waals surface area contributed by atoms with Crippen LogP contribution in [0.15, 0.2) is 36.7 Å². The minimum absolute atomic E-state index is 0.0846. The van der Waals surface area contributed by atoms with Crippen molar-refractivity contribution in [2.24, 2.45) is 5.92 Å². The van der Waals surface area contributed by atoms with Crippen LogP contribution in [0.25, 0.3) is 0 Å². The molecular weight excluding hydrogens is 250 g/mol. The van der Waals surface area contributed by atoms with Gasteiger partial charge in [-0.2, -0.15) is 5.10 Å². The van der Waals surface area contributed by atoms with Gasteiger partial charge in [0.1, 0.15) is 0 Å². The number of carbonyl (C=O) groups excluding carboxylic acids is 1. The quantitative estimate of drug-likeness (QED) is 0.906. The van der Waals surface area contributed by atoms with Crippen LogP contribution in [0.4, 0.5) is 5.69 Å². The lowest BCUT2D eigenvalue weighted by molar-refractivity contribution is 0.102. The zero-order valence-electron chi connectivity index (χ0n) is 11.7. The first-order chi connectivity index (χ1) is 9.74. The van der Waals surface area contributed by atoms with E-state index in [-0.39, 0.29) is 5.91 Å². The fraction of sp³-hybridized carbons (Fsp3) is 0.375. The summed E-state index contributed by atoms with van der Waals surface area (Å²) < 4.78 is 1.91. The normalized spacial score (nSPS) is 14.2. The Bertz CT molecular complexity index is 596. The molecule has 1 amide bonds. The monoisotopic (exact) mass is 269 g/mol. The van der Waals surface area contributed by atoms with Gasteiger partial charge in [0.2, 0.25) is 0 Å². The lowest BCUT2D eigenvalue weighted by atomic mass is 10.1. The van der Waals surface area contributed by atoms with Crippen LogP contribution in [-0.4, -0.2) is 15.7 Å². The van der Waals surface area contributed by atoms with Crippen LogP contribution < -0.4 is 5.32 Å². The molecular formula is C16H19N3O. The van der Waals surface area contributed by atoms with Crippen molar-refractivity contribution in [2.45, 2.75) is 32.7 Å². The summed E-state index contributed by atoms with van der Waals surface area (Å²) in [5.74, 6) is 0.693. The van der Waals surface area contributed by atoms with Crippen molar-refractivity contribution in [1.82, 2.24) is 9.78 Å². The predicted octanol–water partition coefficient (Wildman–Crippen LogP) is 3.11. The van der Waals surface area contributed by atoms with Gasteiger partial charge in [-0.15, -0.1) is 0 Å². The maximum Gasteiger partial charge on any atom is 0.255 e. The van der Waals surface area contributed by atoms with Gasteiger partial charge in [0, 0.05) is 18.3 Å². The fourth-order valence-electron chi connectivity index (χ4n) is 2.19. The number of anilines is 1. The van der Waals surface area contributed by atoms with E-state index in [1.54, 1.807) is 6.20 Å². The highest BCUT2D eigenvalue weighted by Gasteiger charge is 2.22. The van der Waals surface area contributed by atoms with Crippen molar-refractivity contribution in [3.05, 3.63) is 47.8 Å². The first kappa shape index (κ1) is 12.9. The Kier molecular flexibility index (Phi) is 3.54. The summed E-state index contributed by atoms with van der Waals surface area (Å²) in [4.78, 5) is 12.1. The molecule has 1 N–H and O–H groups in total. The molecule has 1 aromatic heterocycles. The third-order valence-electron chi connectivity index (χ3n) is 3.66. The Morgan fingerprint density at radius 3 is 2.75 bits per heavy atom. The molecule has 1 saturated carbocycles. The SMILES string of the molecule is CCc1ccc(C(=O)Nc2cnn(CC3CC3)c2)cc1. The van der Waals surface area contributed by atoms with Gasteiger partial charge < -0.3 is 5.32 Å². The molecule has 2 aromatic rings. The second-order valence-electron chi connectivity index (χ2n) is 5.40. The average molecular weight is 269 g/mol. The Morgan fingerprint density at radius 1 is 1.35 bits per heavy atom. The van der Waals surface area contributed by atoms with Gasteiger partial charge in [0.05, 0.1) is 11.9 Å². The molecule has 4 heteroatoms. The topological polar surface area (TPSA) is 46.9 Å². The average Bonchev–Trinajstić information content (AvgIpc) is 3.18. The largest absolute Gasteiger partial charge is 0.319 e. The van der Waals surface area contributed by atoms with E-state index in [0.717, 1.165) is 24.6 Å². The van der Waals surface area contributed by atoms with E-state index in [1.165, 1.54) is 18.4 Å². The second kappa shape index (κ2) is 5.49. The molecule has 20 heavy (non-hydrogen) atoms. The van der Waals surface area contributed by atoms with Gasteiger partial charge in [-0.3, -0.25) is 9.48 Å². The third kappa shape index (κ3) is 3.07. The number of nitrogens with one attached hydrogen (secondary N) is 1. The Balaban J connectivity index is 1.63. The molecule has 1 heterocycles. The molecule has 1 aliphatic carbocycles. The molecule has 0 aliphatic heterocycles. The van der Waals surface area contributed by atoms with Gasteiger partial charge in [0.25, 0.3) is 5.91 Å². The van der Waals surface area contributed by atoms with E-state index in [0.29, 0.717) is 5.56 Å². The Labute approximate surface area is 118 Å². The lowest BCUT2D eigenvalue weighted by Crippen LogP contribution is -2.11. The first-order valence-electron chi connectivity index (χ1n) is 7.17. The molecule has 1 aromatic carbocycles. The van der Waals surface area contributed by atoms with Gasteiger partial charge in [-0.05, 0) is 42.9 Å². The van der Waals surface area contributed by atoms with Crippen molar-refractivity contribution in [2.75, 3.05) is 5.32 Å². The molecule has 3 rings (SSSR count). The van der Waals surface area contributed by atoms with Crippen LogP contribution in [-0.2, 0) is 13.0 Å². The third-order valence-corrected chi connectivity index (χ3v) is 3.66. The number of benzene rings is 1. The highest BCUT2D eigenvalue weighted by atomic mass is 16.1. The molecule has 0 bridgehead atoms. The van der Waals surface area contributed by atoms with Crippen molar-refractivity contribution < 1.29 is 4.79 Å². The molecule has 0 radical (unpaired) electrons. The summed E-state index contributed by atoms with van der Waals surface area (Å²) in [6.07, 6.45) is 7.18. The molecule has 0 saturated heterocycles. The van der Waals surface area contributed by atoms with Crippen LogP contribution in [0.2, 0.25) is 0 Å². The summed E-state index contributed by atoms with van der Waals surface area (Å²) in [7, 11) is 0. The van der Waals surface area contributed by atoms with Crippen LogP contribution >= 0.6 is 0 Å². The fourth-order valence-corrected chi connectivity index (χ4v) is 2.19. The van der Waals surface area contributed by atoms with E-state index >= 15 is 0 Å². The van der Waals surface area contributed by atoms with Crippen molar-refractivity contribution >= 4 is 11.6 Å². The Morgan fingerprint density at radius 2 is 2.10 bits per heavy atom. The van der Waals surface area contributed by atoms with Crippen LogP contribution in [0.5, 0.6) is 0 Å². The Hall–Kier alpha value is -2.10. The summed E-state index contributed by atoms with van der Waals surface area (Å²) in [6.45, 7) is 3.06. The smallest absolute Gasteiger partial charge is 0.255 e. The molecule has 4 nitrogen and oxygen atoms in total. The summed E-state index contributed by atoms with van der Waals surface area (Å²) in [5.41, 5.74) is 2.67. The standard InChI is InChI=1S/C16H19N3O/c1-2-12-5-7-14(8-6-12)16(20)18-15-9-17-19(11-15)10-13-3-4-13/h5-9,11,13H,2-4,10H2,1H3,(H,18,20). The number of hydrogen-bond acceptors (Lipinski definition) is 2. The zero-order valence-corrected chi connectivity index (χ0v) is 11.7. The van der Waals surface area contributed by atoms with Gasteiger partial charge in [0.15, 0.2) is 0 Å². The van der Waals surface area contributed by atoms with E-state index in [2.05, 4.69) is 17.3 Å². The van der Waals surface area contributed by atoms with Gasteiger partial charge in [-0.1, -0.05) is 19.1 Å². The molecule has 104 valence electrons. The summed E-state index contributed by atoms with van der Waals surface area (Å²) in [6, 6.07) is 7.71. The van der Waals surface area contributed by atoms with E-state index in [9.17, 15) is 4.79 Å². The number of nitrogens with zero attached hydrogens (tertiary/aromatic N) is 2. The van der Waals surface area contributed by atoms with Crippen molar-refractivity contribution in [1.29, 1.82) is 0 Å². The summed E-state index contributed by atoms with van der Waals surface area (Å²) >= 11 is 0. The molecule has 1 aliphatic rings. The number of hydrogen-bond donors (Lipinski definition) is 1. The van der Waals surface area contributed by atoms with Crippen molar-refractivity contribution in [3.63, 3.8) is 0 Å². The molecule has 0 atom stereocenters. The van der Waals surface area contributed by atoms with Crippen LogP contribution in [0, 0.1) is 5.92 Å². The van der Waals surface area contributed by atoms with E-state index < -0.39 is 0 Å². The van der Waals surface area contributed by atoms with Crippen molar-refractivity contribution in [3.8, 4) is 0 Å². The lowest BCUT2D eigenvalue weighted by Gasteiger charge is -2.03. The maximum atomic E-state index is 12.1. The zero-order chi connectivity index (χ0) is 13.9. The van der Waals surface area contributed by atoms with E-state index in [1.807, 2.05) is 35.1 Å². The van der Waals surface area contributed by atoms with Gasteiger partial charge >= 0.3 is 0 Å². The number of carbonyl (C=O) groups is 1. The number of amides is 1. The van der Waals surface area contributed by atoms with Gasteiger partial charge in [-0.25, -0.2) is 0 Å². The van der Waals surface area contributed by atoms with Crippen LogP contribution in [0.1, 0.15) is 35.7 Å². The van der Waals surface area contributed by atoms with Crippen LogP contribution in [0.3, 0.4) is 0 Å². The molecule has 0 unspecified atom stereocenters. The molecule has 1 fully saturated rings. The minimum Gasteiger partial charge on any atom is -0.319 e. The highest BCUT2D eigenvalue weighted by Crippen LogP contribution is 2.30. The number of aryl methyl sites for hydroxylation is 1. The number of aromatic nitrogens is 2. The summed E-state index contributed by atoms with van der Waals surface area (Å²) in [5, 5.41) is 7.16. The maximum absolute atomic E-state index is 12.1. The van der Waals surface area contributed by atoms with E-state index in [4.69, 9.17) is 0 Å². The predicted molar refractivity (Wildman–Crippen MR) is 78.7 cm³/mol. The minimum atomic E-state index is -0.0846.